The molecule has 5 nitrogen and oxygen atoms in total. The van der Waals surface area contributed by atoms with Crippen LogP contribution >= 0.6 is 0 Å². The number of benzene rings is 4. The van der Waals surface area contributed by atoms with Crippen LogP contribution in [0.25, 0.3) is 0 Å². The van der Waals surface area contributed by atoms with E-state index in [2.05, 4.69) is 67.6 Å². The van der Waals surface area contributed by atoms with E-state index in [9.17, 15) is 0 Å². The molecular formula is C40H46O5. The molecule has 0 aromatic heterocycles. The Kier molecular flexibility index (Phi) is 13.4. The van der Waals surface area contributed by atoms with Gasteiger partial charge in [-0.05, 0) is 48.4 Å². The third-order valence-electron chi connectivity index (χ3n) is 8.07. The molecule has 1 aliphatic rings. The molecule has 45 heavy (non-hydrogen) atoms. The SMILES string of the molecule is CC=CCCCC1OC(COCc2ccccc2)C(OCc2ccccc2)C(OCc2ccccc2)C1OCc1ccccc1. The Bertz CT molecular complexity index is 1360. The van der Waals surface area contributed by atoms with Crippen LogP contribution in [0.3, 0.4) is 0 Å². The van der Waals surface area contributed by atoms with Gasteiger partial charge in [0.2, 0.25) is 0 Å². The van der Waals surface area contributed by atoms with Crippen molar-refractivity contribution in [1.29, 1.82) is 0 Å². The summed E-state index contributed by atoms with van der Waals surface area (Å²) in [5, 5.41) is 0. The second-order valence-corrected chi connectivity index (χ2v) is 11.5. The van der Waals surface area contributed by atoms with E-state index in [1.54, 1.807) is 0 Å². The fraction of sp³-hybridized carbons (Fsp3) is 0.350. The molecule has 0 N–H and O–H groups in total. The molecule has 1 aliphatic heterocycles. The maximum Gasteiger partial charge on any atom is 0.115 e. The molecule has 1 saturated heterocycles. The molecule has 5 unspecified atom stereocenters. The Morgan fingerprint density at radius 3 is 1.42 bits per heavy atom. The fourth-order valence-corrected chi connectivity index (χ4v) is 5.72. The van der Waals surface area contributed by atoms with E-state index < -0.39 is 6.10 Å². The van der Waals surface area contributed by atoms with Crippen molar-refractivity contribution in [2.45, 2.75) is 83.1 Å². The number of ether oxygens (including phenoxy) is 5. The highest BCUT2D eigenvalue weighted by molar-refractivity contribution is 5.16. The molecule has 0 amide bonds. The van der Waals surface area contributed by atoms with Crippen LogP contribution in [-0.2, 0) is 50.1 Å². The first kappa shape index (κ1) is 32.8. The largest absolute Gasteiger partial charge is 0.374 e. The normalized spacial score (nSPS) is 21.7. The van der Waals surface area contributed by atoms with Crippen molar-refractivity contribution in [2.75, 3.05) is 6.61 Å². The quantitative estimate of drug-likeness (QED) is 0.0891. The maximum absolute atomic E-state index is 6.91. The Balaban J connectivity index is 1.42. The molecule has 5 rings (SSSR count). The first-order chi connectivity index (χ1) is 22.3. The molecule has 0 saturated carbocycles. The first-order valence-electron chi connectivity index (χ1n) is 16.1. The van der Waals surface area contributed by atoms with Crippen LogP contribution in [0.15, 0.2) is 133 Å². The van der Waals surface area contributed by atoms with Gasteiger partial charge >= 0.3 is 0 Å². The van der Waals surface area contributed by atoms with E-state index in [-0.39, 0.29) is 24.4 Å². The summed E-state index contributed by atoms with van der Waals surface area (Å²) in [6.45, 7) is 4.30. The number of allylic oxidation sites excluding steroid dienone is 2. The van der Waals surface area contributed by atoms with Gasteiger partial charge in [-0.2, -0.15) is 0 Å². The van der Waals surface area contributed by atoms with E-state index in [1.807, 2.05) is 72.8 Å². The molecule has 5 atom stereocenters. The zero-order valence-electron chi connectivity index (χ0n) is 26.3. The predicted molar refractivity (Wildman–Crippen MR) is 178 cm³/mol. The second-order valence-electron chi connectivity index (χ2n) is 11.5. The van der Waals surface area contributed by atoms with E-state index in [0.29, 0.717) is 33.0 Å². The highest BCUT2D eigenvalue weighted by atomic mass is 16.6. The minimum atomic E-state index is -0.405. The van der Waals surface area contributed by atoms with Crippen molar-refractivity contribution in [2.24, 2.45) is 0 Å². The summed E-state index contributed by atoms with van der Waals surface area (Å²) in [6.07, 6.45) is 5.51. The summed E-state index contributed by atoms with van der Waals surface area (Å²) >= 11 is 0. The van der Waals surface area contributed by atoms with Gasteiger partial charge in [0.25, 0.3) is 0 Å². The van der Waals surface area contributed by atoms with Crippen molar-refractivity contribution >= 4 is 0 Å². The van der Waals surface area contributed by atoms with Crippen LogP contribution < -0.4 is 0 Å². The van der Waals surface area contributed by atoms with Crippen LogP contribution in [0.4, 0.5) is 0 Å². The van der Waals surface area contributed by atoms with Crippen LogP contribution in [0.2, 0.25) is 0 Å². The summed E-state index contributed by atoms with van der Waals surface area (Å²) in [5.74, 6) is 0. The van der Waals surface area contributed by atoms with Crippen molar-refractivity contribution < 1.29 is 23.7 Å². The third-order valence-corrected chi connectivity index (χ3v) is 8.07. The van der Waals surface area contributed by atoms with E-state index in [4.69, 9.17) is 23.7 Å². The highest BCUT2D eigenvalue weighted by Crippen LogP contribution is 2.33. The van der Waals surface area contributed by atoms with Crippen molar-refractivity contribution in [3.8, 4) is 0 Å². The second kappa shape index (κ2) is 18.4. The van der Waals surface area contributed by atoms with Gasteiger partial charge in [0.1, 0.15) is 24.4 Å². The summed E-state index contributed by atoms with van der Waals surface area (Å²) in [6, 6.07) is 41.1. The van der Waals surface area contributed by atoms with E-state index in [0.717, 1.165) is 41.5 Å². The first-order valence-corrected chi connectivity index (χ1v) is 16.1. The summed E-state index contributed by atoms with van der Waals surface area (Å²) in [7, 11) is 0. The average molecular weight is 607 g/mol. The van der Waals surface area contributed by atoms with Gasteiger partial charge in [0.05, 0.1) is 39.1 Å². The fourth-order valence-electron chi connectivity index (χ4n) is 5.72. The Hall–Kier alpha value is -3.58. The van der Waals surface area contributed by atoms with Crippen molar-refractivity contribution in [1.82, 2.24) is 0 Å². The average Bonchev–Trinajstić information content (AvgIpc) is 3.10. The summed E-state index contributed by atoms with van der Waals surface area (Å²) in [5.41, 5.74) is 4.44. The molecule has 4 aromatic carbocycles. The maximum atomic E-state index is 6.91. The Morgan fingerprint density at radius 1 is 0.533 bits per heavy atom. The topological polar surface area (TPSA) is 46.2 Å². The standard InChI is InChI=1S/C40H46O5/c1-2-3-4-17-26-36-38(42-28-33-20-11-6-12-21-33)40(44-30-35-24-15-8-16-25-35)39(43-29-34-22-13-7-14-23-34)37(45-36)31-41-27-32-18-9-5-10-19-32/h2-3,5-16,18-25,36-40H,4,17,26-31H2,1H3. The van der Waals surface area contributed by atoms with Gasteiger partial charge in [-0.1, -0.05) is 133 Å². The molecule has 5 heteroatoms. The minimum Gasteiger partial charge on any atom is -0.374 e. The molecule has 0 spiro atoms. The molecule has 236 valence electrons. The van der Waals surface area contributed by atoms with E-state index >= 15 is 0 Å². The van der Waals surface area contributed by atoms with Gasteiger partial charge in [-0.25, -0.2) is 0 Å². The number of unbranched alkanes of at least 4 members (excludes halogenated alkanes) is 1. The molecule has 4 aromatic rings. The van der Waals surface area contributed by atoms with Crippen LogP contribution in [0.1, 0.15) is 48.4 Å². The lowest BCUT2D eigenvalue weighted by atomic mass is 9.91. The number of rotatable bonds is 17. The van der Waals surface area contributed by atoms with Crippen LogP contribution in [-0.4, -0.2) is 37.1 Å². The lowest BCUT2D eigenvalue weighted by molar-refractivity contribution is -0.273. The molecule has 1 heterocycles. The van der Waals surface area contributed by atoms with E-state index in [1.165, 1.54) is 0 Å². The zero-order chi connectivity index (χ0) is 30.9. The minimum absolute atomic E-state index is 0.179. The smallest absolute Gasteiger partial charge is 0.115 e. The predicted octanol–water partition coefficient (Wildman–Crippen LogP) is 8.47. The van der Waals surface area contributed by atoms with Gasteiger partial charge in [-0.15, -0.1) is 0 Å². The molecule has 0 aliphatic carbocycles. The van der Waals surface area contributed by atoms with Gasteiger partial charge in [0.15, 0.2) is 0 Å². The zero-order valence-corrected chi connectivity index (χ0v) is 26.3. The Morgan fingerprint density at radius 2 is 0.956 bits per heavy atom. The molecule has 0 radical (unpaired) electrons. The Labute approximate surface area is 268 Å². The van der Waals surface area contributed by atoms with Crippen molar-refractivity contribution in [3.05, 3.63) is 156 Å². The van der Waals surface area contributed by atoms with Crippen LogP contribution in [0, 0.1) is 0 Å². The van der Waals surface area contributed by atoms with Gasteiger partial charge in [-0.3, -0.25) is 0 Å². The molecule has 0 bridgehead atoms. The van der Waals surface area contributed by atoms with Crippen LogP contribution in [0.5, 0.6) is 0 Å². The molecule has 1 fully saturated rings. The van der Waals surface area contributed by atoms with Gasteiger partial charge < -0.3 is 23.7 Å². The number of hydrogen-bond donors (Lipinski definition) is 0. The highest BCUT2D eigenvalue weighted by Gasteiger charge is 2.48. The lowest BCUT2D eigenvalue weighted by Gasteiger charge is -2.46. The number of hydrogen-bond acceptors (Lipinski definition) is 5. The summed E-state index contributed by atoms with van der Waals surface area (Å²) < 4.78 is 33.5. The summed E-state index contributed by atoms with van der Waals surface area (Å²) in [4.78, 5) is 0. The van der Waals surface area contributed by atoms with Gasteiger partial charge in [0, 0.05) is 0 Å². The molecular weight excluding hydrogens is 560 g/mol. The van der Waals surface area contributed by atoms with Crippen molar-refractivity contribution in [3.63, 3.8) is 0 Å². The third kappa shape index (κ3) is 10.5. The monoisotopic (exact) mass is 606 g/mol. The lowest BCUT2D eigenvalue weighted by Crippen LogP contribution is -2.61.